The second-order valence-electron chi connectivity index (χ2n) is 2.58. The zero-order chi connectivity index (χ0) is 11.8. The van der Waals surface area contributed by atoms with Crippen molar-refractivity contribution in [2.75, 3.05) is 5.73 Å². The molecule has 1 aromatic carbocycles. The molecule has 0 saturated heterocycles. The van der Waals surface area contributed by atoms with E-state index in [0.29, 0.717) is 0 Å². The molecule has 0 bridgehead atoms. The van der Waals surface area contributed by atoms with Gasteiger partial charge in [-0.3, -0.25) is 14.7 Å². The fourth-order valence-electron chi connectivity index (χ4n) is 1.02. The molecule has 9 heteroatoms. The topological polar surface area (TPSA) is 144 Å². The van der Waals surface area contributed by atoms with Crippen LogP contribution in [0, 0.1) is 10.1 Å². The van der Waals surface area contributed by atoms with Gasteiger partial charge < -0.3 is 10.8 Å². The first-order valence-electron chi connectivity index (χ1n) is 3.48. The summed E-state index contributed by atoms with van der Waals surface area (Å²) in [6.45, 7) is 0. The molecule has 0 aliphatic heterocycles. The van der Waals surface area contributed by atoms with Gasteiger partial charge in [0.15, 0.2) is 0 Å². The predicted octanol–water partition coefficient (Wildman–Crippen LogP) is 0.129. The number of rotatable bonds is 2. The normalized spacial score (nSPS) is 11.3. The van der Waals surface area contributed by atoms with Crippen LogP contribution in [0.5, 0.6) is 5.75 Å². The summed E-state index contributed by atoms with van der Waals surface area (Å²) >= 11 is 0. The van der Waals surface area contributed by atoms with Crippen LogP contribution in [0.25, 0.3) is 0 Å². The van der Waals surface area contributed by atoms with E-state index in [0.717, 1.165) is 12.1 Å². The third kappa shape index (κ3) is 1.97. The van der Waals surface area contributed by atoms with Crippen LogP contribution >= 0.6 is 0 Å². The SMILES string of the molecule is Nc1ccc(O)c(S(=O)(=O)O)c1[N+](=O)[O-]. The molecule has 15 heavy (non-hydrogen) atoms. The van der Waals surface area contributed by atoms with E-state index in [1.54, 1.807) is 0 Å². The molecule has 0 radical (unpaired) electrons. The van der Waals surface area contributed by atoms with Crippen LogP contribution in [0.4, 0.5) is 11.4 Å². The number of nitrogen functional groups attached to an aromatic ring is 1. The summed E-state index contributed by atoms with van der Waals surface area (Å²) < 4.78 is 30.2. The van der Waals surface area contributed by atoms with Gasteiger partial charge in [-0.25, -0.2) is 0 Å². The van der Waals surface area contributed by atoms with Crippen LogP contribution in [0.3, 0.4) is 0 Å². The number of phenols is 1. The van der Waals surface area contributed by atoms with Crippen molar-refractivity contribution in [3.63, 3.8) is 0 Å². The second kappa shape index (κ2) is 3.37. The van der Waals surface area contributed by atoms with E-state index in [2.05, 4.69) is 0 Å². The molecule has 1 aromatic rings. The molecule has 0 aliphatic rings. The zero-order valence-corrected chi connectivity index (χ0v) is 7.93. The van der Waals surface area contributed by atoms with Gasteiger partial charge in [0.1, 0.15) is 11.4 Å². The number of benzene rings is 1. The Hall–Kier alpha value is -1.87. The van der Waals surface area contributed by atoms with Crippen molar-refractivity contribution in [3.8, 4) is 5.75 Å². The van der Waals surface area contributed by atoms with Gasteiger partial charge >= 0.3 is 15.8 Å². The lowest BCUT2D eigenvalue weighted by molar-refractivity contribution is -0.387. The molecular formula is C6H6N2O6S. The highest BCUT2D eigenvalue weighted by molar-refractivity contribution is 7.86. The molecule has 0 fully saturated rings. The summed E-state index contributed by atoms with van der Waals surface area (Å²) in [5.41, 5.74) is 3.65. The van der Waals surface area contributed by atoms with Gasteiger partial charge in [0, 0.05) is 0 Å². The number of nitrogens with zero attached hydrogens (tertiary/aromatic N) is 1. The highest BCUT2D eigenvalue weighted by atomic mass is 32.2. The minimum Gasteiger partial charge on any atom is -0.506 e. The van der Waals surface area contributed by atoms with Crippen LogP contribution in [0.2, 0.25) is 0 Å². The van der Waals surface area contributed by atoms with Gasteiger partial charge in [-0.1, -0.05) is 0 Å². The fourth-order valence-corrected chi connectivity index (χ4v) is 1.79. The number of phenolic OH excluding ortho intramolecular Hbond substituents is 1. The Labute approximate surface area is 83.8 Å². The number of hydrogen-bond acceptors (Lipinski definition) is 6. The Morgan fingerprint density at radius 3 is 2.27 bits per heavy atom. The molecule has 0 saturated carbocycles. The Balaban J connectivity index is 3.76. The molecule has 1 rings (SSSR count). The van der Waals surface area contributed by atoms with Crippen LogP contribution < -0.4 is 5.73 Å². The van der Waals surface area contributed by atoms with Gasteiger partial charge in [-0.2, -0.15) is 8.42 Å². The average molecular weight is 234 g/mol. The van der Waals surface area contributed by atoms with E-state index in [4.69, 9.17) is 15.4 Å². The van der Waals surface area contributed by atoms with Crippen LogP contribution in [0.15, 0.2) is 17.0 Å². The number of nitrogens with two attached hydrogens (primary N) is 1. The average Bonchev–Trinajstić information content (AvgIpc) is 2.05. The van der Waals surface area contributed by atoms with E-state index in [1.165, 1.54) is 0 Å². The molecular weight excluding hydrogens is 228 g/mol. The molecule has 0 heterocycles. The molecule has 0 spiro atoms. The summed E-state index contributed by atoms with van der Waals surface area (Å²) in [6, 6.07) is 1.80. The lowest BCUT2D eigenvalue weighted by atomic mass is 10.2. The molecule has 0 atom stereocenters. The Kier molecular flexibility index (Phi) is 2.51. The lowest BCUT2D eigenvalue weighted by Crippen LogP contribution is -2.06. The van der Waals surface area contributed by atoms with Crippen molar-refractivity contribution < 1.29 is 23.0 Å². The Morgan fingerprint density at radius 2 is 1.93 bits per heavy atom. The largest absolute Gasteiger partial charge is 0.506 e. The first kappa shape index (κ1) is 11.2. The summed E-state index contributed by atoms with van der Waals surface area (Å²) in [7, 11) is -4.90. The quantitative estimate of drug-likeness (QED) is 0.217. The van der Waals surface area contributed by atoms with E-state index in [1.807, 2.05) is 0 Å². The van der Waals surface area contributed by atoms with Crippen molar-refractivity contribution >= 4 is 21.5 Å². The number of nitro benzene ring substituents is 1. The molecule has 0 amide bonds. The number of hydrogen-bond donors (Lipinski definition) is 3. The number of nitro groups is 1. The highest BCUT2D eigenvalue weighted by Crippen LogP contribution is 2.36. The molecule has 8 nitrogen and oxygen atoms in total. The van der Waals surface area contributed by atoms with Crippen molar-refractivity contribution in [1.82, 2.24) is 0 Å². The van der Waals surface area contributed by atoms with Crippen molar-refractivity contribution in [2.45, 2.75) is 4.90 Å². The monoisotopic (exact) mass is 234 g/mol. The van der Waals surface area contributed by atoms with E-state index in [9.17, 15) is 18.5 Å². The highest BCUT2D eigenvalue weighted by Gasteiger charge is 2.30. The molecule has 82 valence electrons. The van der Waals surface area contributed by atoms with Crippen LogP contribution in [-0.2, 0) is 10.1 Å². The van der Waals surface area contributed by atoms with Crippen molar-refractivity contribution in [1.29, 1.82) is 0 Å². The first-order chi connectivity index (χ1) is 6.75. The van der Waals surface area contributed by atoms with Gasteiger partial charge in [0.25, 0.3) is 0 Å². The predicted molar refractivity (Wildman–Crippen MR) is 49.0 cm³/mol. The third-order valence-corrected chi connectivity index (χ3v) is 2.50. The maximum Gasteiger partial charge on any atom is 0.316 e. The minimum atomic E-state index is -4.90. The van der Waals surface area contributed by atoms with Crippen molar-refractivity contribution in [3.05, 3.63) is 22.2 Å². The number of anilines is 1. The van der Waals surface area contributed by atoms with Gasteiger partial charge in [0.05, 0.1) is 4.92 Å². The molecule has 4 N–H and O–H groups in total. The minimum absolute atomic E-state index is 0.467. The smallest absolute Gasteiger partial charge is 0.316 e. The maximum atomic E-state index is 10.8. The number of aromatic hydroxyl groups is 1. The standard InChI is InChI=1S/C6H6N2O6S/c7-3-1-2-4(9)6(15(12,13)14)5(3)8(10)11/h1-2,9H,7H2,(H,12,13,14). The lowest BCUT2D eigenvalue weighted by Gasteiger charge is -2.04. The fraction of sp³-hybridized carbons (Fsp3) is 0. The summed E-state index contributed by atoms with van der Waals surface area (Å²) in [5, 5.41) is 19.6. The van der Waals surface area contributed by atoms with Crippen molar-refractivity contribution in [2.24, 2.45) is 0 Å². The Morgan fingerprint density at radius 1 is 1.40 bits per heavy atom. The van der Waals surface area contributed by atoms with Gasteiger partial charge in [0.2, 0.25) is 4.90 Å². The Bertz CT molecular complexity index is 523. The molecule has 0 aromatic heterocycles. The summed E-state index contributed by atoms with van der Waals surface area (Å²) in [4.78, 5) is 8.18. The van der Waals surface area contributed by atoms with E-state index < -0.39 is 37.1 Å². The van der Waals surface area contributed by atoms with Crippen LogP contribution in [0.1, 0.15) is 0 Å². The second-order valence-corrected chi connectivity index (χ2v) is 3.94. The van der Waals surface area contributed by atoms with Crippen LogP contribution in [-0.4, -0.2) is 23.0 Å². The summed E-state index contributed by atoms with van der Waals surface area (Å²) in [6.07, 6.45) is 0. The van der Waals surface area contributed by atoms with Gasteiger partial charge in [-0.05, 0) is 12.1 Å². The summed E-state index contributed by atoms with van der Waals surface area (Å²) in [5.74, 6) is -0.932. The first-order valence-corrected chi connectivity index (χ1v) is 4.92. The molecule has 0 aliphatic carbocycles. The maximum absolute atomic E-state index is 10.8. The third-order valence-electron chi connectivity index (χ3n) is 1.58. The van der Waals surface area contributed by atoms with Gasteiger partial charge in [-0.15, -0.1) is 0 Å². The zero-order valence-electron chi connectivity index (χ0n) is 7.11. The van der Waals surface area contributed by atoms with E-state index >= 15 is 0 Å². The van der Waals surface area contributed by atoms with E-state index in [-0.39, 0.29) is 0 Å². The molecule has 0 unspecified atom stereocenters.